The smallest absolute Gasteiger partial charge is 0.232 e. The molecule has 1 N–H and O–H groups in total. The summed E-state index contributed by atoms with van der Waals surface area (Å²) in [5, 5.41) is 18.2. The van der Waals surface area contributed by atoms with Gasteiger partial charge in [0, 0.05) is 44.5 Å². The molecule has 8 heteroatoms. The number of β-amino-alcohol motifs (C(OH)–C–C–N with tert-alkyl or cyclic N) is 1. The van der Waals surface area contributed by atoms with Crippen LogP contribution in [0.3, 0.4) is 0 Å². The van der Waals surface area contributed by atoms with Gasteiger partial charge in [-0.25, -0.2) is 0 Å². The Morgan fingerprint density at radius 3 is 2.55 bits per heavy atom. The quantitative estimate of drug-likeness (QED) is 0.720. The van der Waals surface area contributed by atoms with Crippen LogP contribution in [0.2, 0.25) is 0 Å². The highest BCUT2D eigenvalue weighted by molar-refractivity contribution is 6.14. The number of aliphatic imine (C=N–C) groups is 1. The third kappa shape index (κ3) is 3.30. The first kappa shape index (κ1) is 18.0. The van der Waals surface area contributed by atoms with E-state index >= 15 is 0 Å². The van der Waals surface area contributed by atoms with Gasteiger partial charge in [0.1, 0.15) is 6.54 Å². The van der Waals surface area contributed by atoms with Crippen molar-refractivity contribution in [2.45, 2.75) is 6.54 Å². The van der Waals surface area contributed by atoms with E-state index in [-0.39, 0.29) is 6.61 Å². The lowest BCUT2D eigenvalue weighted by molar-refractivity contribution is 0.188. The van der Waals surface area contributed by atoms with Gasteiger partial charge in [0.2, 0.25) is 5.95 Å². The Kier molecular flexibility index (Phi) is 4.79. The van der Waals surface area contributed by atoms with Crippen molar-refractivity contribution in [2.24, 2.45) is 4.99 Å². The third-order valence-corrected chi connectivity index (χ3v) is 5.47. The van der Waals surface area contributed by atoms with Crippen molar-refractivity contribution < 1.29 is 5.11 Å². The van der Waals surface area contributed by atoms with E-state index in [1.54, 1.807) is 6.20 Å². The second-order valence-corrected chi connectivity index (χ2v) is 7.20. The zero-order valence-electron chi connectivity index (χ0n) is 16.1. The summed E-state index contributed by atoms with van der Waals surface area (Å²) >= 11 is 0. The van der Waals surface area contributed by atoms with Crippen LogP contribution < -0.4 is 4.90 Å². The van der Waals surface area contributed by atoms with Gasteiger partial charge in [-0.3, -0.25) is 19.4 Å². The fourth-order valence-electron chi connectivity index (χ4n) is 4.00. The second kappa shape index (κ2) is 7.73. The first-order chi connectivity index (χ1) is 14.3. The SMILES string of the molecule is OCCN1CCN(c2nnc3n2-c2ccccc2C(c2ccccn2)=NC3)CC1. The minimum atomic E-state index is 0.196. The number of piperazine rings is 1. The second-order valence-electron chi connectivity index (χ2n) is 7.20. The molecule has 29 heavy (non-hydrogen) atoms. The summed E-state index contributed by atoms with van der Waals surface area (Å²) in [5.74, 6) is 1.68. The highest BCUT2D eigenvalue weighted by Crippen LogP contribution is 2.28. The summed E-state index contributed by atoms with van der Waals surface area (Å²) in [6, 6.07) is 14.1. The molecule has 0 radical (unpaired) electrons. The maximum Gasteiger partial charge on any atom is 0.232 e. The Morgan fingerprint density at radius 2 is 1.76 bits per heavy atom. The Hall–Kier alpha value is -3.10. The van der Waals surface area contributed by atoms with Crippen LogP contribution in [0.1, 0.15) is 17.1 Å². The van der Waals surface area contributed by atoms with Gasteiger partial charge in [0.15, 0.2) is 5.82 Å². The molecule has 2 aliphatic heterocycles. The van der Waals surface area contributed by atoms with Crippen LogP contribution in [0.15, 0.2) is 53.7 Å². The van der Waals surface area contributed by atoms with Crippen molar-refractivity contribution in [1.29, 1.82) is 0 Å². The molecule has 3 aromatic rings. The normalized spacial score (nSPS) is 16.7. The standard InChI is InChI=1S/C21H23N7O/c29-14-13-26-9-11-27(12-10-26)21-25-24-19-15-23-20(17-6-3-4-8-22-17)16-5-1-2-7-18(16)28(19)21/h1-8,29H,9-15H2. The van der Waals surface area contributed by atoms with E-state index in [0.29, 0.717) is 6.54 Å². The highest BCUT2D eigenvalue weighted by atomic mass is 16.3. The summed E-state index contributed by atoms with van der Waals surface area (Å²) in [6.07, 6.45) is 1.79. The highest BCUT2D eigenvalue weighted by Gasteiger charge is 2.27. The summed E-state index contributed by atoms with van der Waals surface area (Å²) in [7, 11) is 0. The van der Waals surface area contributed by atoms with Gasteiger partial charge in [-0.1, -0.05) is 24.3 Å². The molecule has 1 saturated heterocycles. The van der Waals surface area contributed by atoms with E-state index in [0.717, 1.165) is 67.2 Å². The number of benzene rings is 1. The molecule has 2 aromatic heterocycles. The minimum Gasteiger partial charge on any atom is -0.395 e. The number of para-hydroxylation sites is 1. The lowest BCUT2D eigenvalue weighted by Gasteiger charge is -2.34. The van der Waals surface area contributed by atoms with Gasteiger partial charge in [-0.2, -0.15) is 0 Å². The lowest BCUT2D eigenvalue weighted by Crippen LogP contribution is -2.48. The van der Waals surface area contributed by atoms with Gasteiger partial charge >= 0.3 is 0 Å². The van der Waals surface area contributed by atoms with Crippen molar-refractivity contribution in [2.75, 3.05) is 44.2 Å². The minimum absolute atomic E-state index is 0.196. The molecule has 0 bridgehead atoms. The van der Waals surface area contributed by atoms with E-state index in [9.17, 15) is 5.11 Å². The summed E-state index contributed by atoms with van der Waals surface area (Å²) in [6.45, 7) is 4.89. The number of anilines is 1. The number of fused-ring (bicyclic) bond motifs is 3. The molecular formula is C21H23N7O. The number of hydrogen-bond donors (Lipinski definition) is 1. The van der Waals surface area contributed by atoms with Crippen LogP contribution in [0.4, 0.5) is 5.95 Å². The zero-order valence-corrected chi connectivity index (χ0v) is 16.1. The maximum absolute atomic E-state index is 9.19. The fourth-order valence-corrected chi connectivity index (χ4v) is 4.00. The van der Waals surface area contributed by atoms with Crippen LogP contribution in [0.5, 0.6) is 0 Å². The number of rotatable bonds is 4. The Balaban J connectivity index is 1.54. The van der Waals surface area contributed by atoms with Crippen molar-refractivity contribution >= 4 is 11.7 Å². The summed E-state index contributed by atoms with van der Waals surface area (Å²) in [4.78, 5) is 13.9. The molecule has 5 rings (SSSR count). The Labute approximate surface area is 169 Å². The monoisotopic (exact) mass is 389 g/mol. The first-order valence-corrected chi connectivity index (χ1v) is 9.93. The van der Waals surface area contributed by atoms with E-state index in [1.807, 2.05) is 30.3 Å². The fraction of sp³-hybridized carbons (Fsp3) is 0.333. The number of pyridine rings is 1. The molecule has 0 saturated carbocycles. The molecule has 1 fully saturated rings. The number of aliphatic hydroxyl groups is 1. The van der Waals surface area contributed by atoms with E-state index < -0.39 is 0 Å². The van der Waals surface area contributed by atoms with Crippen molar-refractivity contribution in [3.05, 3.63) is 65.7 Å². The van der Waals surface area contributed by atoms with Gasteiger partial charge in [-0.05, 0) is 18.2 Å². The molecule has 0 spiro atoms. The van der Waals surface area contributed by atoms with E-state index in [2.05, 4.69) is 41.7 Å². The van der Waals surface area contributed by atoms with Crippen LogP contribution in [0, 0.1) is 0 Å². The van der Waals surface area contributed by atoms with Crippen LogP contribution >= 0.6 is 0 Å². The van der Waals surface area contributed by atoms with E-state index in [4.69, 9.17) is 4.99 Å². The van der Waals surface area contributed by atoms with Gasteiger partial charge in [0.05, 0.1) is 23.7 Å². The molecule has 1 aromatic carbocycles. The molecule has 0 unspecified atom stereocenters. The molecule has 148 valence electrons. The number of aliphatic hydroxyl groups excluding tert-OH is 1. The Bertz CT molecular complexity index is 1020. The average Bonchev–Trinajstić information content (AvgIpc) is 3.12. The third-order valence-electron chi connectivity index (χ3n) is 5.47. The molecule has 0 aliphatic carbocycles. The zero-order chi connectivity index (χ0) is 19.6. The number of nitrogens with zero attached hydrogens (tertiary/aromatic N) is 7. The van der Waals surface area contributed by atoms with Crippen LogP contribution in [-0.4, -0.2) is 74.8 Å². The predicted octanol–water partition coefficient (Wildman–Crippen LogP) is 1.13. The molecule has 2 aliphatic rings. The van der Waals surface area contributed by atoms with Crippen molar-refractivity contribution in [3.63, 3.8) is 0 Å². The summed E-state index contributed by atoms with van der Waals surface area (Å²) in [5.41, 5.74) is 3.80. The average molecular weight is 389 g/mol. The molecule has 4 heterocycles. The van der Waals surface area contributed by atoms with Gasteiger partial charge in [0.25, 0.3) is 0 Å². The van der Waals surface area contributed by atoms with Crippen LogP contribution in [-0.2, 0) is 6.54 Å². The van der Waals surface area contributed by atoms with Crippen LogP contribution in [0.25, 0.3) is 5.69 Å². The lowest BCUT2D eigenvalue weighted by atomic mass is 10.0. The molecular weight excluding hydrogens is 366 g/mol. The van der Waals surface area contributed by atoms with Gasteiger partial charge < -0.3 is 10.0 Å². The Morgan fingerprint density at radius 1 is 0.931 bits per heavy atom. The first-order valence-electron chi connectivity index (χ1n) is 9.93. The van der Waals surface area contributed by atoms with Gasteiger partial charge in [-0.15, -0.1) is 10.2 Å². The van der Waals surface area contributed by atoms with Crippen molar-refractivity contribution in [1.82, 2.24) is 24.6 Å². The number of aromatic nitrogens is 4. The maximum atomic E-state index is 9.19. The predicted molar refractivity (Wildman–Crippen MR) is 111 cm³/mol. The van der Waals surface area contributed by atoms with E-state index in [1.165, 1.54) is 0 Å². The van der Waals surface area contributed by atoms with Crippen molar-refractivity contribution in [3.8, 4) is 5.69 Å². The topological polar surface area (TPSA) is 82.7 Å². The number of hydrogen-bond acceptors (Lipinski definition) is 7. The molecule has 8 nitrogen and oxygen atoms in total. The molecule has 0 atom stereocenters. The molecule has 0 amide bonds. The largest absolute Gasteiger partial charge is 0.395 e. The summed E-state index contributed by atoms with van der Waals surface area (Å²) < 4.78 is 2.14.